The Morgan fingerprint density at radius 1 is 1.21 bits per heavy atom. The van der Waals surface area contributed by atoms with Gasteiger partial charge < -0.3 is 34.3 Å². The van der Waals surface area contributed by atoms with Gasteiger partial charge in [-0.25, -0.2) is 4.79 Å². The summed E-state index contributed by atoms with van der Waals surface area (Å²) in [6, 6.07) is 0. The summed E-state index contributed by atoms with van der Waals surface area (Å²) in [5.74, 6) is -1.54. The minimum Gasteiger partial charge on any atom is -0.463 e. The lowest BCUT2D eigenvalue weighted by Crippen LogP contribution is -2.60. The van der Waals surface area contributed by atoms with Crippen molar-refractivity contribution in [1.29, 1.82) is 0 Å². The number of fused-ring (bicyclic) bond motifs is 2. The van der Waals surface area contributed by atoms with Crippen molar-refractivity contribution in [2.24, 2.45) is 23.2 Å². The second-order valence-electron chi connectivity index (χ2n) is 10.1. The normalized spacial score (nSPS) is 47.5. The van der Waals surface area contributed by atoms with Crippen LogP contribution in [0, 0.1) is 23.2 Å². The molecule has 0 radical (unpaired) electrons. The molecule has 33 heavy (non-hydrogen) atoms. The highest BCUT2D eigenvalue weighted by Gasteiger charge is 2.60. The number of aliphatic hydroxyl groups excluding tert-OH is 3. The van der Waals surface area contributed by atoms with Crippen LogP contribution in [0.5, 0.6) is 0 Å². The lowest BCUT2D eigenvalue weighted by molar-refractivity contribution is -0.315. The first kappa shape index (κ1) is 24.3. The van der Waals surface area contributed by atoms with Crippen LogP contribution in [-0.4, -0.2) is 82.6 Å². The number of Topliss-reactive ketones (excluding diaryl/α,β-unsaturated/α-hetero) is 1. The van der Waals surface area contributed by atoms with Gasteiger partial charge in [0, 0.05) is 36.2 Å². The quantitative estimate of drug-likeness (QED) is 0.376. The molecule has 2 saturated heterocycles. The van der Waals surface area contributed by atoms with Crippen LogP contribution >= 0.6 is 0 Å². The van der Waals surface area contributed by atoms with Crippen molar-refractivity contribution in [2.75, 3.05) is 6.61 Å². The van der Waals surface area contributed by atoms with Crippen LogP contribution in [0.4, 0.5) is 0 Å². The summed E-state index contributed by atoms with van der Waals surface area (Å²) >= 11 is 0. The van der Waals surface area contributed by atoms with Crippen LogP contribution in [0.1, 0.15) is 40.0 Å². The molecule has 0 unspecified atom stereocenters. The summed E-state index contributed by atoms with van der Waals surface area (Å²) in [6.45, 7) is 8.61. The Bertz CT molecular complexity index is 841. The minimum atomic E-state index is -1.58. The lowest BCUT2D eigenvalue weighted by atomic mass is 9.69. The van der Waals surface area contributed by atoms with Crippen LogP contribution in [0.2, 0.25) is 0 Å². The molecule has 2 aliphatic heterocycles. The van der Waals surface area contributed by atoms with E-state index in [2.05, 4.69) is 6.58 Å². The van der Waals surface area contributed by atoms with Gasteiger partial charge in [0.1, 0.15) is 42.9 Å². The first-order valence-electron chi connectivity index (χ1n) is 11.4. The molecule has 2 aliphatic carbocycles. The average molecular weight is 468 g/mol. The van der Waals surface area contributed by atoms with E-state index in [1.165, 1.54) is 6.92 Å². The fourth-order valence-corrected chi connectivity index (χ4v) is 6.16. The third-order valence-electron chi connectivity index (χ3n) is 7.87. The minimum absolute atomic E-state index is 0.0144. The third-order valence-corrected chi connectivity index (χ3v) is 7.87. The molecule has 11 atom stereocenters. The highest BCUT2D eigenvalue weighted by atomic mass is 16.7. The summed E-state index contributed by atoms with van der Waals surface area (Å²) in [7, 11) is 0. The first-order valence-corrected chi connectivity index (χ1v) is 11.4. The van der Waals surface area contributed by atoms with E-state index in [0.29, 0.717) is 18.4 Å². The van der Waals surface area contributed by atoms with Gasteiger partial charge in [0.15, 0.2) is 6.29 Å². The molecule has 0 amide bonds. The largest absolute Gasteiger partial charge is 0.463 e. The van der Waals surface area contributed by atoms with Crippen LogP contribution < -0.4 is 0 Å². The van der Waals surface area contributed by atoms with E-state index in [1.807, 2.05) is 13.8 Å². The lowest BCUT2D eigenvalue weighted by Gasteiger charge is -2.42. The number of carbonyl (C=O) groups excluding carboxylic acids is 3. The maximum Gasteiger partial charge on any atom is 0.334 e. The van der Waals surface area contributed by atoms with Gasteiger partial charge in [-0.3, -0.25) is 9.59 Å². The van der Waals surface area contributed by atoms with E-state index in [0.717, 1.165) is 0 Å². The van der Waals surface area contributed by atoms with Crippen LogP contribution in [0.15, 0.2) is 12.2 Å². The molecular weight excluding hydrogens is 436 g/mol. The molecule has 4 rings (SSSR count). The van der Waals surface area contributed by atoms with Gasteiger partial charge in [0.25, 0.3) is 0 Å². The Labute approximate surface area is 191 Å². The monoisotopic (exact) mass is 468 g/mol. The summed E-state index contributed by atoms with van der Waals surface area (Å²) < 4.78 is 22.1. The number of hydrogen-bond donors (Lipinski definition) is 3. The molecule has 10 heteroatoms. The molecule has 3 N–H and O–H groups in total. The third kappa shape index (κ3) is 4.12. The molecule has 2 saturated carbocycles. The molecule has 2 heterocycles. The predicted octanol–water partition coefficient (Wildman–Crippen LogP) is -0.135. The molecule has 0 aromatic carbocycles. The van der Waals surface area contributed by atoms with E-state index in [1.54, 1.807) is 0 Å². The Balaban J connectivity index is 1.54. The van der Waals surface area contributed by atoms with Gasteiger partial charge in [0.05, 0.1) is 6.10 Å². The van der Waals surface area contributed by atoms with E-state index in [9.17, 15) is 29.7 Å². The predicted molar refractivity (Wildman–Crippen MR) is 110 cm³/mol. The average Bonchev–Trinajstić information content (AvgIpc) is 3.09. The number of carbonyl (C=O) groups is 3. The number of rotatable bonds is 4. The van der Waals surface area contributed by atoms with Crippen molar-refractivity contribution in [3.05, 3.63) is 12.2 Å². The van der Waals surface area contributed by atoms with Gasteiger partial charge in [-0.15, -0.1) is 0 Å². The first-order chi connectivity index (χ1) is 15.4. The molecule has 0 spiro atoms. The number of ketones is 1. The van der Waals surface area contributed by atoms with Crippen molar-refractivity contribution in [3.8, 4) is 0 Å². The molecular formula is C23H32O10. The van der Waals surface area contributed by atoms with E-state index < -0.39 is 54.2 Å². The molecule has 10 nitrogen and oxygen atoms in total. The standard InChI is InChI=1S/C23H32O10/c1-9-5-13-12(10(2)21(29)31-13)7-23(4)16(25)6-14(17(9)23)32-22-20(28)19(27)18(26)15(33-22)8-30-11(3)24/h9,12-15,17-20,22,26-28H,2,5-8H2,1,3-4H3/t9-,12-,13-,14+,15-,17-,18-,19+,20-,22-,23-/m1/s1. The van der Waals surface area contributed by atoms with Crippen LogP contribution in [-0.2, 0) is 33.3 Å². The van der Waals surface area contributed by atoms with Gasteiger partial charge in [-0.05, 0) is 18.8 Å². The van der Waals surface area contributed by atoms with Crippen molar-refractivity contribution in [2.45, 2.75) is 82.9 Å². The van der Waals surface area contributed by atoms with Crippen molar-refractivity contribution in [1.82, 2.24) is 0 Å². The molecule has 0 bridgehead atoms. The van der Waals surface area contributed by atoms with Crippen molar-refractivity contribution in [3.63, 3.8) is 0 Å². The summed E-state index contributed by atoms with van der Waals surface area (Å²) in [6.07, 6.45) is -6.95. The maximum atomic E-state index is 13.2. The van der Waals surface area contributed by atoms with Gasteiger partial charge >= 0.3 is 11.9 Å². The highest BCUT2D eigenvalue weighted by Crippen LogP contribution is 2.56. The molecule has 184 valence electrons. The highest BCUT2D eigenvalue weighted by molar-refractivity contribution is 5.92. The van der Waals surface area contributed by atoms with Crippen molar-refractivity contribution >= 4 is 17.7 Å². The maximum absolute atomic E-state index is 13.2. The smallest absolute Gasteiger partial charge is 0.334 e. The molecule has 4 fully saturated rings. The van der Waals surface area contributed by atoms with Crippen LogP contribution in [0.3, 0.4) is 0 Å². The summed E-state index contributed by atoms with van der Waals surface area (Å²) in [5.41, 5.74) is -0.391. The second-order valence-corrected chi connectivity index (χ2v) is 10.1. The number of hydrogen-bond acceptors (Lipinski definition) is 10. The zero-order valence-electron chi connectivity index (χ0n) is 19.0. The Morgan fingerprint density at radius 3 is 2.58 bits per heavy atom. The zero-order valence-corrected chi connectivity index (χ0v) is 19.0. The van der Waals surface area contributed by atoms with Crippen molar-refractivity contribution < 1.29 is 48.7 Å². The zero-order chi connectivity index (χ0) is 24.2. The molecule has 4 aliphatic rings. The molecule has 0 aromatic rings. The summed E-state index contributed by atoms with van der Waals surface area (Å²) in [5, 5.41) is 31.0. The summed E-state index contributed by atoms with van der Waals surface area (Å²) in [4.78, 5) is 36.4. The topological polar surface area (TPSA) is 149 Å². The SMILES string of the molecule is C=C1C(=O)O[C@@H]2C[C@@H](C)[C@@H]3[C@@H](O[C@@H]4O[C@H](COC(C)=O)[C@@H](O)[C@H](O)[C@H]4O)CC(=O)[C@@]3(C)C[C@H]12. The Hall–Kier alpha value is -1.85. The van der Waals surface area contributed by atoms with Gasteiger partial charge in [-0.2, -0.15) is 0 Å². The molecule has 0 aromatic heterocycles. The van der Waals surface area contributed by atoms with Gasteiger partial charge in [-0.1, -0.05) is 20.4 Å². The van der Waals surface area contributed by atoms with Crippen LogP contribution in [0.25, 0.3) is 0 Å². The number of aliphatic hydroxyl groups is 3. The fraction of sp³-hybridized carbons (Fsp3) is 0.783. The second kappa shape index (κ2) is 8.74. The number of ether oxygens (including phenoxy) is 4. The fourth-order valence-electron chi connectivity index (χ4n) is 6.16. The van der Waals surface area contributed by atoms with E-state index >= 15 is 0 Å². The van der Waals surface area contributed by atoms with E-state index in [4.69, 9.17) is 18.9 Å². The Morgan fingerprint density at radius 2 is 1.91 bits per heavy atom. The van der Waals surface area contributed by atoms with Gasteiger partial charge in [0.2, 0.25) is 0 Å². The Kier molecular flexibility index (Phi) is 6.43. The van der Waals surface area contributed by atoms with E-state index in [-0.39, 0.29) is 42.7 Å². The number of esters is 2.